The second-order valence-electron chi connectivity index (χ2n) is 3.77. The van der Waals surface area contributed by atoms with Crippen molar-refractivity contribution in [1.82, 2.24) is 9.97 Å². The Balaban J connectivity index is 2.25. The molecule has 82 valence electrons. The molecule has 0 radical (unpaired) electrons. The Morgan fingerprint density at radius 2 is 2.06 bits per heavy atom. The van der Waals surface area contributed by atoms with Crippen LogP contribution in [-0.2, 0) is 5.72 Å². The molecule has 0 spiro atoms. The van der Waals surface area contributed by atoms with Gasteiger partial charge in [0.15, 0.2) is 0 Å². The van der Waals surface area contributed by atoms with Crippen LogP contribution in [0.1, 0.15) is 5.56 Å². The summed E-state index contributed by atoms with van der Waals surface area (Å²) in [4.78, 5) is 10.3. The van der Waals surface area contributed by atoms with Crippen molar-refractivity contribution < 1.29 is 4.74 Å². The van der Waals surface area contributed by atoms with Gasteiger partial charge in [-0.1, -0.05) is 0 Å². The molecular formula is C11H12N4O. The van der Waals surface area contributed by atoms with Gasteiger partial charge in [-0.05, 0) is 12.1 Å². The highest BCUT2D eigenvalue weighted by Crippen LogP contribution is 2.40. The zero-order valence-corrected chi connectivity index (χ0v) is 8.82. The van der Waals surface area contributed by atoms with Gasteiger partial charge < -0.3 is 14.7 Å². The van der Waals surface area contributed by atoms with E-state index < -0.39 is 5.72 Å². The second kappa shape index (κ2) is 2.99. The van der Waals surface area contributed by atoms with Crippen LogP contribution >= 0.6 is 0 Å². The number of aromatic nitrogens is 2. The maximum atomic E-state index is 6.19. The molecule has 3 rings (SSSR count). The van der Waals surface area contributed by atoms with Gasteiger partial charge in [0, 0.05) is 25.0 Å². The SMILES string of the molecule is CN=CC1(N)Oc2cc[nH]c2-c2[nH]ccc21. The summed E-state index contributed by atoms with van der Waals surface area (Å²) in [6.07, 6.45) is 5.27. The smallest absolute Gasteiger partial charge is 0.222 e. The van der Waals surface area contributed by atoms with Gasteiger partial charge >= 0.3 is 0 Å². The van der Waals surface area contributed by atoms with Crippen molar-refractivity contribution in [3.05, 3.63) is 30.1 Å². The minimum atomic E-state index is -0.987. The van der Waals surface area contributed by atoms with Gasteiger partial charge in [-0.15, -0.1) is 0 Å². The number of hydrogen-bond donors (Lipinski definition) is 3. The van der Waals surface area contributed by atoms with E-state index in [1.165, 1.54) is 0 Å². The third-order valence-corrected chi connectivity index (χ3v) is 2.73. The maximum absolute atomic E-state index is 6.19. The van der Waals surface area contributed by atoms with Gasteiger partial charge in [0.05, 0.1) is 11.9 Å². The topological polar surface area (TPSA) is 79.2 Å². The zero-order chi connectivity index (χ0) is 11.2. The molecule has 1 unspecified atom stereocenters. The Labute approximate surface area is 92.3 Å². The van der Waals surface area contributed by atoms with Crippen molar-refractivity contribution >= 4 is 6.21 Å². The van der Waals surface area contributed by atoms with E-state index in [4.69, 9.17) is 10.5 Å². The molecule has 5 heteroatoms. The average Bonchev–Trinajstić information content (AvgIpc) is 2.83. The van der Waals surface area contributed by atoms with Gasteiger partial charge in [0.25, 0.3) is 0 Å². The highest BCUT2D eigenvalue weighted by atomic mass is 16.5. The summed E-state index contributed by atoms with van der Waals surface area (Å²) in [5.41, 5.74) is 7.96. The molecule has 2 aromatic rings. The van der Waals surface area contributed by atoms with E-state index in [1.54, 1.807) is 13.3 Å². The largest absolute Gasteiger partial charge is 0.461 e. The normalized spacial score (nSPS) is 22.9. The van der Waals surface area contributed by atoms with Crippen LogP contribution in [-0.4, -0.2) is 23.2 Å². The first-order valence-corrected chi connectivity index (χ1v) is 5.01. The van der Waals surface area contributed by atoms with Gasteiger partial charge in [-0.2, -0.15) is 0 Å². The number of nitrogens with two attached hydrogens (primary N) is 1. The van der Waals surface area contributed by atoms with Crippen molar-refractivity contribution in [1.29, 1.82) is 0 Å². The number of aliphatic imine (C=N–C) groups is 1. The monoisotopic (exact) mass is 216 g/mol. The van der Waals surface area contributed by atoms with Crippen molar-refractivity contribution in [3.8, 4) is 17.1 Å². The first-order chi connectivity index (χ1) is 7.74. The second-order valence-corrected chi connectivity index (χ2v) is 3.77. The number of rotatable bonds is 1. The van der Waals surface area contributed by atoms with E-state index in [0.717, 1.165) is 22.7 Å². The molecule has 1 atom stereocenters. The summed E-state index contributed by atoms with van der Waals surface area (Å²) in [6.45, 7) is 0. The molecule has 0 saturated carbocycles. The molecule has 0 amide bonds. The van der Waals surface area contributed by atoms with Crippen LogP contribution < -0.4 is 10.5 Å². The fourth-order valence-electron chi connectivity index (χ4n) is 2.06. The lowest BCUT2D eigenvalue weighted by Gasteiger charge is -2.30. The Kier molecular flexibility index (Phi) is 1.73. The van der Waals surface area contributed by atoms with Crippen LogP contribution in [0.4, 0.5) is 0 Å². The highest BCUT2D eigenvalue weighted by molar-refractivity contribution is 5.81. The van der Waals surface area contributed by atoms with E-state index in [9.17, 15) is 0 Å². The summed E-state index contributed by atoms with van der Waals surface area (Å²) in [5, 5.41) is 0. The molecular weight excluding hydrogens is 204 g/mol. The molecule has 0 aliphatic carbocycles. The lowest BCUT2D eigenvalue weighted by Crippen LogP contribution is -2.46. The van der Waals surface area contributed by atoms with E-state index >= 15 is 0 Å². The number of nitrogens with zero attached hydrogens (tertiary/aromatic N) is 1. The minimum absolute atomic E-state index is 0.734. The molecule has 5 nitrogen and oxygen atoms in total. The minimum Gasteiger partial charge on any atom is -0.461 e. The number of ether oxygens (including phenoxy) is 1. The summed E-state index contributed by atoms with van der Waals surface area (Å²) in [6, 6.07) is 3.75. The number of H-pyrrole nitrogens is 2. The highest BCUT2D eigenvalue weighted by Gasteiger charge is 2.37. The van der Waals surface area contributed by atoms with Crippen molar-refractivity contribution in [2.45, 2.75) is 5.72 Å². The lowest BCUT2D eigenvalue weighted by atomic mass is 10.0. The molecule has 4 N–H and O–H groups in total. The number of fused-ring (bicyclic) bond motifs is 3. The van der Waals surface area contributed by atoms with Crippen LogP contribution in [0.25, 0.3) is 11.4 Å². The molecule has 3 heterocycles. The summed E-state index contributed by atoms with van der Waals surface area (Å²) >= 11 is 0. The van der Waals surface area contributed by atoms with Crippen LogP contribution in [0.3, 0.4) is 0 Å². The predicted octanol–water partition coefficient (Wildman–Crippen LogP) is 1.21. The summed E-state index contributed by atoms with van der Waals surface area (Å²) < 4.78 is 5.76. The first-order valence-electron chi connectivity index (χ1n) is 5.01. The van der Waals surface area contributed by atoms with Crippen LogP contribution in [0.15, 0.2) is 29.5 Å². The summed E-state index contributed by atoms with van der Waals surface area (Å²) in [7, 11) is 1.68. The first kappa shape index (κ1) is 9.23. The zero-order valence-electron chi connectivity index (χ0n) is 8.82. The third kappa shape index (κ3) is 1.06. The fraction of sp³-hybridized carbons (Fsp3) is 0.182. The fourth-order valence-corrected chi connectivity index (χ4v) is 2.06. The number of aromatic amines is 2. The van der Waals surface area contributed by atoms with Gasteiger partial charge in [0.1, 0.15) is 11.4 Å². The molecule has 0 saturated heterocycles. The summed E-state index contributed by atoms with van der Waals surface area (Å²) in [5.74, 6) is 0.734. The van der Waals surface area contributed by atoms with Crippen LogP contribution in [0, 0.1) is 0 Å². The Morgan fingerprint density at radius 3 is 2.88 bits per heavy atom. The van der Waals surface area contributed by atoms with Crippen molar-refractivity contribution in [3.63, 3.8) is 0 Å². The number of hydrogen-bond acceptors (Lipinski definition) is 3. The lowest BCUT2D eigenvalue weighted by molar-refractivity contribution is 0.151. The molecule has 16 heavy (non-hydrogen) atoms. The van der Waals surface area contributed by atoms with Crippen molar-refractivity contribution in [2.24, 2.45) is 10.7 Å². The van der Waals surface area contributed by atoms with E-state index in [-0.39, 0.29) is 0 Å². The molecule has 0 fully saturated rings. The average molecular weight is 216 g/mol. The van der Waals surface area contributed by atoms with Gasteiger partial charge in [-0.25, -0.2) is 0 Å². The van der Waals surface area contributed by atoms with Gasteiger partial charge in [-0.3, -0.25) is 10.7 Å². The molecule has 0 bridgehead atoms. The van der Waals surface area contributed by atoms with Gasteiger partial charge in [0.2, 0.25) is 5.72 Å². The molecule has 1 aliphatic heterocycles. The Bertz CT molecular complexity index is 554. The molecule has 0 aromatic carbocycles. The predicted molar refractivity (Wildman–Crippen MR) is 61.5 cm³/mol. The van der Waals surface area contributed by atoms with Crippen LogP contribution in [0.5, 0.6) is 5.75 Å². The van der Waals surface area contributed by atoms with Crippen LogP contribution in [0.2, 0.25) is 0 Å². The Morgan fingerprint density at radius 1 is 1.31 bits per heavy atom. The maximum Gasteiger partial charge on any atom is 0.222 e. The molecule has 2 aromatic heterocycles. The van der Waals surface area contributed by atoms with E-state index in [1.807, 2.05) is 24.5 Å². The third-order valence-electron chi connectivity index (χ3n) is 2.73. The van der Waals surface area contributed by atoms with Crippen molar-refractivity contribution in [2.75, 3.05) is 7.05 Å². The quantitative estimate of drug-likeness (QED) is 0.626. The van der Waals surface area contributed by atoms with E-state index in [0.29, 0.717) is 0 Å². The van der Waals surface area contributed by atoms with E-state index in [2.05, 4.69) is 15.0 Å². The Hall–Kier alpha value is -2.01. The molecule has 1 aliphatic rings. The number of nitrogens with one attached hydrogen (secondary N) is 2. The standard InChI is InChI=1S/C11H12N4O/c1-13-6-11(12)7-2-4-14-9(7)10-8(16-11)3-5-15-10/h2-6,14-15H,12H2,1H3.